The van der Waals surface area contributed by atoms with E-state index in [4.69, 9.17) is 16.6 Å². The maximum Gasteiger partial charge on any atom is 0.161 e. The number of aromatic nitrogens is 2. The smallest absolute Gasteiger partial charge is 0.161 e. The third-order valence-corrected chi connectivity index (χ3v) is 4.53. The first-order valence-electron chi connectivity index (χ1n) is 7.27. The van der Waals surface area contributed by atoms with Gasteiger partial charge in [-0.15, -0.1) is 0 Å². The van der Waals surface area contributed by atoms with Crippen LogP contribution in [0.5, 0.6) is 0 Å². The summed E-state index contributed by atoms with van der Waals surface area (Å²) >= 11 is 6.35. The van der Waals surface area contributed by atoms with E-state index in [2.05, 4.69) is 36.2 Å². The normalized spacial score (nSPS) is 13.6. The molecule has 3 heteroatoms. The van der Waals surface area contributed by atoms with Crippen molar-refractivity contribution in [2.24, 2.45) is 0 Å². The van der Waals surface area contributed by atoms with E-state index in [-0.39, 0.29) is 0 Å². The lowest BCUT2D eigenvalue weighted by atomic mass is 10.1. The van der Waals surface area contributed by atoms with Crippen molar-refractivity contribution in [3.8, 4) is 11.4 Å². The quantitative estimate of drug-likeness (QED) is 0.605. The van der Waals surface area contributed by atoms with Crippen LogP contribution in [0.1, 0.15) is 23.1 Å². The molecule has 1 aromatic heterocycles. The molecular formula is C18H15ClN2. The SMILES string of the molecule is Cc1cccc2c(Cl)nc(-c3ccc4c(c3)CCC4)nc12. The van der Waals surface area contributed by atoms with Gasteiger partial charge in [-0.25, -0.2) is 9.97 Å². The van der Waals surface area contributed by atoms with Crippen LogP contribution in [-0.2, 0) is 12.8 Å². The van der Waals surface area contributed by atoms with Crippen molar-refractivity contribution in [1.82, 2.24) is 9.97 Å². The molecule has 3 aromatic rings. The number of halogens is 1. The zero-order valence-corrected chi connectivity index (χ0v) is 12.6. The molecule has 0 aliphatic heterocycles. The molecule has 2 nitrogen and oxygen atoms in total. The van der Waals surface area contributed by atoms with Gasteiger partial charge in [0, 0.05) is 10.9 Å². The largest absolute Gasteiger partial charge is 0.228 e. The molecule has 0 radical (unpaired) electrons. The van der Waals surface area contributed by atoms with Crippen molar-refractivity contribution >= 4 is 22.5 Å². The minimum Gasteiger partial charge on any atom is -0.228 e. The molecule has 0 bridgehead atoms. The minimum atomic E-state index is 0.527. The van der Waals surface area contributed by atoms with Crippen LogP contribution in [0.2, 0.25) is 5.15 Å². The molecule has 0 saturated carbocycles. The predicted octanol–water partition coefficient (Wildman–Crippen LogP) is 4.75. The average molecular weight is 295 g/mol. The van der Waals surface area contributed by atoms with Gasteiger partial charge < -0.3 is 0 Å². The highest BCUT2D eigenvalue weighted by molar-refractivity contribution is 6.34. The summed E-state index contributed by atoms with van der Waals surface area (Å²) in [6, 6.07) is 12.5. The van der Waals surface area contributed by atoms with Crippen LogP contribution >= 0.6 is 11.6 Å². The Morgan fingerprint density at radius 1 is 1.00 bits per heavy atom. The van der Waals surface area contributed by atoms with Gasteiger partial charge in [0.25, 0.3) is 0 Å². The Morgan fingerprint density at radius 3 is 2.76 bits per heavy atom. The van der Waals surface area contributed by atoms with Crippen LogP contribution in [0.15, 0.2) is 36.4 Å². The van der Waals surface area contributed by atoms with Gasteiger partial charge in [0.1, 0.15) is 5.15 Å². The Morgan fingerprint density at radius 2 is 1.86 bits per heavy atom. The Labute approximate surface area is 128 Å². The van der Waals surface area contributed by atoms with Crippen LogP contribution < -0.4 is 0 Å². The predicted molar refractivity (Wildman–Crippen MR) is 86.7 cm³/mol. The molecular weight excluding hydrogens is 280 g/mol. The molecule has 0 amide bonds. The van der Waals surface area contributed by atoms with Crippen molar-refractivity contribution in [1.29, 1.82) is 0 Å². The van der Waals surface area contributed by atoms with Crippen molar-refractivity contribution < 1.29 is 0 Å². The highest BCUT2D eigenvalue weighted by Crippen LogP contribution is 2.30. The molecule has 104 valence electrons. The number of nitrogens with zero attached hydrogens (tertiary/aromatic N) is 2. The third kappa shape index (κ3) is 2.11. The van der Waals surface area contributed by atoms with Crippen molar-refractivity contribution in [2.75, 3.05) is 0 Å². The van der Waals surface area contributed by atoms with Crippen LogP contribution in [0.25, 0.3) is 22.3 Å². The molecule has 0 atom stereocenters. The van der Waals surface area contributed by atoms with Crippen molar-refractivity contribution in [2.45, 2.75) is 26.2 Å². The topological polar surface area (TPSA) is 25.8 Å². The molecule has 1 aliphatic carbocycles. The maximum absolute atomic E-state index is 6.35. The van der Waals surface area contributed by atoms with E-state index in [1.807, 2.05) is 12.1 Å². The summed E-state index contributed by atoms with van der Waals surface area (Å²) in [7, 11) is 0. The second-order valence-electron chi connectivity index (χ2n) is 5.65. The summed E-state index contributed by atoms with van der Waals surface area (Å²) in [5, 5.41) is 1.45. The lowest BCUT2D eigenvalue weighted by molar-refractivity contribution is 0.912. The molecule has 0 unspecified atom stereocenters. The van der Waals surface area contributed by atoms with Gasteiger partial charge in [-0.05, 0) is 55.0 Å². The number of fused-ring (bicyclic) bond motifs is 2. The molecule has 4 rings (SSSR count). The van der Waals surface area contributed by atoms with E-state index >= 15 is 0 Å². The average Bonchev–Trinajstić information content (AvgIpc) is 2.95. The monoisotopic (exact) mass is 294 g/mol. The van der Waals surface area contributed by atoms with Gasteiger partial charge in [0.2, 0.25) is 0 Å². The Bertz CT molecular complexity index is 855. The summed E-state index contributed by atoms with van der Waals surface area (Å²) in [5.41, 5.74) is 6.01. The summed E-state index contributed by atoms with van der Waals surface area (Å²) < 4.78 is 0. The molecule has 0 N–H and O–H groups in total. The molecule has 0 saturated heterocycles. The number of hydrogen-bond donors (Lipinski definition) is 0. The molecule has 1 heterocycles. The van der Waals surface area contributed by atoms with Gasteiger partial charge in [0.15, 0.2) is 5.82 Å². The van der Waals surface area contributed by atoms with Crippen LogP contribution in [-0.4, -0.2) is 9.97 Å². The molecule has 2 aromatic carbocycles. The standard InChI is InChI=1S/C18H15ClN2/c1-11-4-2-7-15-16(11)20-18(21-17(15)19)14-9-8-12-5-3-6-13(12)10-14/h2,4,7-10H,3,5-6H2,1H3. The van der Waals surface area contributed by atoms with Gasteiger partial charge >= 0.3 is 0 Å². The van der Waals surface area contributed by atoms with Crippen LogP contribution in [0, 0.1) is 6.92 Å². The van der Waals surface area contributed by atoms with E-state index in [0.717, 1.165) is 34.3 Å². The Hall–Kier alpha value is -1.93. The number of benzene rings is 2. The zero-order valence-electron chi connectivity index (χ0n) is 11.9. The minimum absolute atomic E-state index is 0.527. The lowest BCUT2D eigenvalue weighted by Crippen LogP contribution is -1.94. The Kier molecular flexibility index (Phi) is 2.93. The lowest BCUT2D eigenvalue weighted by Gasteiger charge is -2.08. The first-order valence-corrected chi connectivity index (χ1v) is 7.65. The molecule has 0 spiro atoms. The van der Waals surface area contributed by atoms with E-state index < -0.39 is 0 Å². The van der Waals surface area contributed by atoms with E-state index in [0.29, 0.717) is 5.15 Å². The fourth-order valence-corrected chi connectivity index (χ4v) is 3.33. The van der Waals surface area contributed by atoms with Crippen molar-refractivity contribution in [3.05, 3.63) is 58.2 Å². The second kappa shape index (κ2) is 4.81. The van der Waals surface area contributed by atoms with E-state index in [1.165, 1.54) is 24.0 Å². The van der Waals surface area contributed by atoms with E-state index in [9.17, 15) is 0 Å². The maximum atomic E-state index is 6.35. The number of aryl methyl sites for hydroxylation is 3. The summed E-state index contributed by atoms with van der Waals surface area (Å²) in [5.74, 6) is 0.719. The first kappa shape index (κ1) is 12.8. The van der Waals surface area contributed by atoms with Crippen LogP contribution in [0.3, 0.4) is 0 Å². The third-order valence-electron chi connectivity index (χ3n) is 4.24. The number of para-hydroxylation sites is 1. The molecule has 0 fully saturated rings. The fraction of sp³-hybridized carbons (Fsp3) is 0.222. The highest BCUT2D eigenvalue weighted by Gasteiger charge is 2.14. The number of hydrogen-bond acceptors (Lipinski definition) is 2. The molecule has 21 heavy (non-hydrogen) atoms. The summed E-state index contributed by atoms with van der Waals surface area (Å²) in [6.07, 6.45) is 3.59. The summed E-state index contributed by atoms with van der Waals surface area (Å²) in [6.45, 7) is 2.05. The van der Waals surface area contributed by atoms with E-state index in [1.54, 1.807) is 0 Å². The highest BCUT2D eigenvalue weighted by atomic mass is 35.5. The first-order chi connectivity index (χ1) is 10.2. The van der Waals surface area contributed by atoms with Crippen LogP contribution in [0.4, 0.5) is 0 Å². The summed E-state index contributed by atoms with van der Waals surface area (Å²) in [4.78, 5) is 9.23. The van der Waals surface area contributed by atoms with Gasteiger partial charge in [-0.1, -0.05) is 35.9 Å². The van der Waals surface area contributed by atoms with Gasteiger partial charge in [-0.2, -0.15) is 0 Å². The Balaban J connectivity index is 1.92. The van der Waals surface area contributed by atoms with Crippen molar-refractivity contribution in [3.63, 3.8) is 0 Å². The zero-order chi connectivity index (χ0) is 14.4. The fourth-order valence-electron chi connectivity index (χ4n) is 3.10. The second-order valence-corrected chi connectivity index (χ2v) is 6.00. The van der Waals surface area contributed by atoms with Gasteiger partial charge in [-0.3, -0.25) is 0 Å². The molecule has 1 aliphatic rings. The van der Waals surface area contributed by atoms with Gasteiger partial charge in [0.05, 0.1) is 5.52 Å². The number of rotatable bonds is 1.